The molecule has 1 aliphatic rings. The molecule has 0 aromatic heterocycles. The van der Waals surface area contributed by atoms with Crippen LogP contribution in [-0.4, -0.2) is 37.1 Å². The molecule has 0 fully saturated rings. The Bertz CT molecular complexity index is 579. The molecule has 1 aromatic carbocycles. The summed E-state index contributed by atoms with van der Waals surface area (Å²) in [7, 11) is 1.59. The molecule has 0 radical (unpaired) electrons. The molecule has 0 aliphatic carbocycles. The van der Waals surface area contributed by atoms with Gasteiger partial charge in [0.2, 0.25) is 0 Å². The van der Waals surface area contributed by atoms with Crippen molar-refractivity contribution in [3.05, 3.63) is 33.4 Å². The van der Waals surface area contributed by atoms with Gasteiger partial charge in [-0.25, -0.2) is 0 Å². The van der Waals surface area contributed by atoms with Crippen LogP contribution in [0.4, 0.5) is 5.69 Å². The Labute approximate surface area is 131 Å². The highest BCUT2D eigenvalue weighted by molar-refractivity contribution is 8.13. The van der Waals surface area contributed by atoms with Crippen molar-refractivity contribution in [2.24, 2.45) is 10.7 Å². The molecule has 0 saturated carbocycles. The first-order chi connectivity index (χ1) is 10.6. The van der Waals surface area contributed by atoms with Crippen LogP contribution in [0.2, 0.25) is 0 Å². The predicted octanol–water partition coefficient (Wildman–Crippen LogP) is 1.66. The van der Waals surface area contributed by atoms with Crippen LogP contribution in [0.15, 0.2) is 17.1 Å². The average molecular weight is 327 g/mol. The first-order valence-corrected chi connectivity index (χ1v) is 7.52. The van der Waals surface area contributed by atoms with Gasteiger partial charge < -0.3 is 19.9 Å². The Hall–Kier alpha value is -1.84. The van der Waals surface area contributed by atoms with Gasteiger partial charge in [0.25, 0.3) is 5.69 Å². The molecule has 8 nitrogen and oxygen atoms in total. The quantitative estimate of drug-likeness (QED) is 0.278. The number of ether oxygens (including phenoxy) is 3. The SMILES string of the molecule is COCCN=C(N)SCc1cc([N+](=O)[O-])cc2c1OCOC2. The number of hydrogen-bond acceptors (Lipinski definition) is 7. The zero-order chi connectivity index (χ0) is 15.9. The average Bonchev–Trinajstić information content (AvgIpc) is 2.52. The van der Waals surface area contributed by atoms with Gasteiger partial charge in [0.05, 0.1) is 24.7 Å². The molecule has 0 saturated heterocycles. The molecule has 9 heteroatoms. The molecular weight excluding hydrogens is 310 g/mol. The van der Waals surface area contributed by atoms with E-state index in [2.05, 4.69) is 4.99 Å². The lowest BCUT2D eigenvalue weighted by Gasteiger charge is -2.20. The number of hydrogen-bond donors (Lipinski definition) is 1. The van der Waals surface area contributed by atoms with Gasteiger partial charge in [0, 0.05) is 36.1 Å². The number of aliphatic imine (C=N–C) groups is 1. The highest BCUT2D eigenvalue weighted by atomic mass is 32.2. The first kappa shape index (κ1) is 16.5. The van der Waals surface area contributed by atoms with Gasteiger partial charge in [-0.15, -0.1) is 0 Å². The summed E-state index contributed by atoms with van der Waals surface area (Å²) in [4.78, 5) is 14.7. The Balaban J connectivity index is 2.13. The number of nitrogens with zero attached hydrogens (tertiary/aromatic N) is 2. The fraction of sp³-hybridized carbons (Fsp3) is 0.462. The van der Waals surface area contributed by atoms with Crippen molar-refractivity contribution in [2.45, 2.75) is 12.4 Å². The van der Waals surface area contributed by atoms with Crippen LogP contribution in [0.1, 0.15) is 11.1 Å². The monoisotopic (exact) mass is 327 g/mol. The number of benzene rings is 1. The number of fused-ring (bicyclic) bond motifs is 1. The number of amidine groups is 1. The van der Waals surface area contributed by atoms with Crippen molar-refractivity contribution in [1.29, 1.82) is 0 Å². The van der Waals surface area contributed by atoms with E-state index in [1.807, 2.05) is 0 Å². The third kappa shape index (κ3) is 4.33. The van der Waals surface area contributed by atoms with Crippen molar-refractivity contribution in [3.8, 4) is 5.75 Å². The zero-order valence-corrected chi connectivity index (χ0v) is 12.9. The minimum absolute atomic E-state index is 0.0124. The molecule has 1 heterocycles. The Morgan fingerprint density at radius 2 is 2.41 bits per heavy atom. The van der Waals surface area contributed by atoms with Crippen molar-refractivity contribution < 1.29 is 19.1 Å². The van der Waals surface area contributed by atoms with Crippen molar-refractivity contribution in [3.63, 3.8) is 0 Å². The van der Waals surface area contributed by atoms with Gasteiger partial charge in [-0.05, 0) is 0 Å². The molecule has 0 spiro atoms. The minimum atomic E-state index is -0.431. The maximum absolute atomic E-state index is 11.0. The molecule has 120 valence electrons. The maximum Gasteiger partial charge on any atom is 0.270 e. The molecule has 0 unspecified atom stereocenters. The summed E-state index contributed by atoms with van der Waals surface area (Å²) in [5, 5.41) is 11.4. The molecule has 1 aromatic rings. The second kappa shape index (κ2) is 7.97. The second-order valence-electron chi connectivity index (χ2n) is 4.46. The number of rotatable bonds is 6. The largest absolute Gasteiger partial charge is 0.467 e. The van der Waals surface area contributed by atoms with Gasteiger partial charge in [0.1, 0.15) is 5.75 Å². The van der Waals surface area contributed by atoms with Crippen LogP contribution >= 0.6 is 11.8 Å². The number of nitro groups is 1. The van der Waals surface area contributed by atoms with Gasteiger partial charge >= 0.3 is 0 Å². The molecular formula is C13H17N3O5S. The Kier molecular flexibility index (Phi) is 5.99. The fourth-order valence-electron chi connectivity index (χ4n) is 1.94. The Morgan fingerprint density at radius 1 is 1.59 bits per heavy atom. The smallest absolute Gasteiger partial charge is 0.270 e. The van der Waals surface area contributed by atoms with Crippen LogP contribution in [-0.2, 0) is 21.8 Å². The lowest BCUT2D eigenvalue weighted by Crippen LogP contribution is -2.14. The van der Waals surface area contributed by atoms with Crippen LogP contribution in [0.3, 0.4) is 0 Å². The molecule has 2 rings (SSSR count). The predicted molar refractivity (Wildman–Crippen MR) is 83.0 cm³/mol. The summed E-state index contributed by atoms with van der Waals surface area (Å²) in [5.74, 6) is 1.07. The standard InChI is InChI=1S/C13H17N3O5S/c1-19-3-2-15-13(14)22-7-10-5-11(16(17)18)4-9-6-20-8-21-12(9)10/h4-5H,2-3,6-8H2,1H3,(H2,14,15). The maximum atomic E-state index is 11.0. The first-order valence-electron chi connectivity index (χ1n) is 6.54. The number of nitro benzene ring substituents is 1. The number of nitrogens with two attached hydrogens (primary N) is 1. The van der Waals surface area contributed by atoms with Gasteiger partial charge in [-0.2, -0.15) is 0 Å². The number of methoxy groups -OCH3 is 1. The normalized spacial score (nSPS) is 14.3. The topological polar surface area (TPSA) is 109 Å². The highest BCUT2D eigenvalue weighted by Gasteiger charge is 2.21. The Morgan fingerprint density at radius 3 is 3.14 bits per heavy atom. The van der Waals surface area contributed by atoms with E-state index >= 15 is 0 Å². The van der Waals surface area contributed by atoms with E-state index in [-0.39, 0.29) is 12.5 Å². The van der Waals surface area contributed by atoms with Crippen LogP contribution in [0.25, 0.3) is 0 Å². The summed E-state index contributed by atoms with van der Waals surface area (Å²) in [6.45, 7) is 1.41. The third-order valence-corrected chi connectivity index (χ3v) is 3.80. The number of non-ortho nitro benzene ring substituents is 1. The van der Waals surface area contributed by atoms with Gasteiger partial charge in [-0.3, -0.25) is 15.1 Å². The summed E-state index contributed by atoms with van der Waals surface area (Å²) in [5.41, 5.74) is 7.19. The van der Waals surface area contributed by atoms with Crippen molar-refractivity contribution in [1.82, 2.24) is 0 Å². The third-order valence-electron chi connectivity index (χ3n) is 2.92. The lowest BCUT2D eigenvalue weighted by molar-refractivity contribution is -0.385. The zero-order valence-electron chi connectivity index (χ0n) is 12.1. The van der Waals surface area contributed by atoms with E-state index in [1.54, 1.807) is 7.11 Å². The molecule has 2 N–H and O–H groups in total. The summed E-state index contributed by atoms with van der Waals surface area (Å²) >= 11 is 1.30. The molecule has 22 heavy (non-hydrogen) atoms. The highest BCUT2D eigenvalue weighted by Crippen LogP contribution is 2.34. The molecule has 0 bridgehead atoms. The van der Waals surface area contributed by atoms with E-state index in [0.717, 1.165) is 0 Å². The summed E-state index contributed by atoms with van der Waals surface area (Å²) < 4.78 is 15.5. The molecule has 0 atom stereocenters. The van der Waals surface area contributed by atoms with E-state index in [9.17, 15) is 10.1 Å². The second-order valence-corrected chi connectivity index (χ2v) is 5.46. The number of thioether (sulfide) groups is 1. The van der Waals surface area contributed by atoms with Gasteiger partial charge in [-0.1, -0.05) is 11.8 Å². The summed E-state index contributed by atoms with van der Waals surface area (Å²) in [6, 6.07) is 2.97. The van der Waals surface area contributed by atoms with E-state index in [1.165, 1.54) is 23.9 Å². The molecule has 1 aliphatic heterocycles. The van der Waals surface area contributed by atoms with Crippen molar-refractivity contribution >= 4 is 22.6 Å². The fourth-order valence-corrected chi connectivity index (χ4v) is 2.64. The van der Waals surface area contributed by atoms with Crippen LogP contribution in [0, 0.1) is 10.1 Å². The van der Waals surface area contributed by atoms with Gasteiger partial charge in [0.15, 0.2) is 12.0 Å². The van der Waals surface area contributed by atoms with Crippen LogP contribution in [0.5, 0.6) is 5.75 Å². The molecule has 0 amide bonds. The van der Waals surface area contributed by atoms with E-state index in [4.69, 9.17) is 19.9 Å². The van der Waals surface area contributed by atoms with Crippen molar-refractivity contribution in [2.75, 3.05) is 27.1 Å². The van der Waals surface area contributed by atoms with E-state index in [0.29, 0.717) is 47.6 Å². The minimum Gasteiger partial charge on any atom is -0.467 e. The summed E-state index contributed by atoms with van der Waals surface area (Å²) in [6.07, 6.45) is 0. The van der Waals surface area contributed by atoms with Crippen LogP contribution < -0.4 is 10.5 Å². The van der Waals surface area contributed by atoms with E-state index < -0.39 is 4.92 Å². The lowest BCUT2D eigenvalue weighted by atomic mass is 10.1.